The van der Waals surface area contributed by atoms with Crippen molar-refractivity contribution in [3.05, 3.63) is 56.1 Å². The predicted octanol–water partition coefficient (Wildman–Crippen LogP) is 4.88. The quantitative estimate of drug-likeness (QED) is 0.359. The van der Waals surface area contributed by atoms with Crippen molar-refractivity contribution in [2.75, 3.05) is 0 Å². The number of carboxylic acid groups (broad SMARTS) is 1. The summed E-state index contributed by atoms with van der Waals surface area (Å²) >= 11 is 0. The molecule has 0 aliphatic carbocycles. The highest BCUT2D eigenvalue weighted by atomic mass is 19.4. The van der Waals surface area contributed by atoms with Gasteiger partial charge in [-0.1, -0.05) is 7.43 Å². The van der Waals surface area contributed by atoms with Gasteiger partial charge in [-0.05, 0) is 13.8 Å². The monoisotopic (exact) mass is 534 g/mol. The maximum atomic E-state index is 11.9. The van der Waals surface area contributed by atoms with Gasteiger partial charge >= 0.3 is 29.6 Å². The SMILES string of the molecule is C.Cc1cc(O)c(C(=O)CCC(F)(F)F)c(=O)o1.Cc1cc(O)cc(=O)o1.O=C(O)CCC(F)(F)F. The van der Waals surface area contributed by atoms with E-state index in [4.69, 9.17) is 10.2 Å². The van der Waals surface area contributed by atoms with Gasteiger partial charge in [-0.25, -0.2) is 9.59 Å². The van der Waals surface area contributed by atoms with Crippen LogP contribution in [0.15, 0.2) is 36.6 Å². The lowest BCUT2D eigenvalue weighted by Gasteiger charge is -2.05. The molecule has 0 bridgehead atoms. The smallest absolute Gasteiger partial charge is 0.389 e. The van der Waals surface area contributed by atoms with Crippen molar-refractivity contribution in [1.29, 1.82) is 0 Å². The van der Waals surface area contributed by atoms with Gasteiger partial charge in [0.15, 0.2) is 5.78 Å². The zero-order chi connectivity index (χ0) is 27.6. The number of aromatic hydroxyl groups is 2. The van der Waals surface area contributed by atoms with Crippen LogP contribution in [-0.2, 0) is 4.79 Å². The number of hydrogen-bond donors (Lipinski definition) is 3. The van der Waals surface area contributed by atoms with E-state index in [2.05, 4.69) is 8.83 Å². The molecule has 9 nitrogen and oxygen atoms in total. The number of rotatable bonds is 5. The van der Waals surface area contributed by atoms with E-state index in [0.717, 1.165) is 12.1 Å². The van der Waals surface area contributed by atoms with Crippen LogP contribution < -0.4 is 11.3 Å². The molecule has 15 heteroatoms. The second-order valence-electron chi connectivity index (χ2n) is 6.70. The number of ketones is 1. The highest BCUT2D eigenvalue weighted by molar-refractivity contribution is 5.98. The molecule has 3 N–H and O–H groups in total. The summed E-state index contributed by atoms with van der Waals surface area (Å²) in [6, 6.07) is 3.40. The molecule has 204 valence electrons. The Hall–Kier alpha value is -3.78. The fraction of sp³-hybridized carbons (Fsp3) is 0.429. The minimum absolute atomic E-state index is 0. The Balaban J connectivity index is 0. The highest BCUT2D eigenvalue weighted by Crippen LogP contribution is 2.24. The largest absolute Gasteiger partial charge is 0.508 e. The second-order valence-corrected chi connectivity index (χ2v) is 6.70. The molecule has 0 saturated carbocycles. The number of halogens is 6. The summed E-state index contributed by atoms with van der Waals surface area (Å²) < 4.78 is 78.2. The lowest BCUT2D eigenvalue weighted by molar-refractivity contribution is -0.152. The van der Waals surface area contributed by atoms with Crippen molar-refractivity contribution in [2.45, 2.75) is 59.3 Å². The molecule has 2 rings (SSSR count). The average molecular weight is 534 g/mol. The zero-order valence-corrected chi connectivity index (χ0v) is 18.1. The molecule has 0 radical (unpaired) electrons. The van der Waals surface area contributed by atoms with E-state index in [1.54, 1.807) is 6.92 Å². The van der Waals surface area contributed by atoms with Crippen LogP contribution in [0.3, 0.4) is 0 Å². The molecule has 36 heavy (non-hydrogen) atoms. The molecule has 0 unspecified atom stereocenters. The number of aryl methyl sites for hydroxylation is 2. The number of alkyl halides is 6. The van der Waals surface area contributed by atoms with E-state index in [9.17, 15) is 50.6 Å². The first-order chi connectivity index (χ1) is 15.8. The maximum absolute atomic E-state index is 11.9. The number of carbonyl (C=O) groups is 2. The van der Waals surface area contributed by atoms with E-state index in [1.165, 1.54) is 13.0 Å². The average Bonchev–Trinajstić information content (AvgIpc) is 2.63. The van der Waals surface area contributed by atoms with Crippen LogP contribution in [0.4, 0.5) is 26.3 Å². The van der Waals surface area contributed by atoms with Crippen LogP contribution in [0.2, 0.25) is 0 Å². The summed E-state index contributed by atoms with van der Waals surface area (Å²) in [6.07, 6.45) is -13.2. The van der Waals surface area contributed by atoms with Crippen LogP contribution in [0.1, 0.15) is 55.0 Å². The van der Waals surface area contributed by atoms with E-state index >= 15 is 0 Å². The fourth-order valence-corrected chi connectivity index (χ4v) is 2.07. The van der Waals surface area contributed by atoms with Gasteiger partial charge in [0, 0.05) is 18.6 Å². The molecular formula is C21H24F6O9. The molecule has 0 spiro atoms. The lowest BCUT2D eigenvalue weighted by atomic mass is 10.1. The zero-order valence-electron chi connectivity index (χ0n) is 18.1. The predicted molar refractivity (Wildman–Crippen MR) is 112 cm³/mol. The third kappa shape index (κ3) is 16.0. The number of carboxylic acids is 1. The summed E-state index contributed by atoms with van der Waals surface area (Å²) in [5, 5.41) is 25.8. The molecule has 0 amide bonds. The van der Waals surface area contributed by atoms with Crippen molar-refractivity contribution in [1.82, 2.24) is 0 Å². The van der Waals surface area contributed by atoms with Crippen LogP contribution >= 0.6 is 0 Å². The summed E-state index contributed by atoms with van der Waals surface area (Å²) in [5.41, 5.74) is -2.39. The summed E-state index contributed by atoms with van der Waals surface area (Å²) in [4.78, 5) is 42.5. The molecule has 0 aliphatic rings. The summed E-state index contributed by atoms with van der Waals surface area (Å²) in [5.74, 6) is -2.74. The van der Waals surface area contributed by atoms with Gasteiger partial charge in [-0.3, -0.25) is 9.59 Å². The van der Waals surface area contributed by atoms with Crippen molar-refractivity contribution in [2.24, 2.45) is 0 Å². The first-order valence-electron chi connectivity index (χ1n) is 9.33. The van der Waals surface area contributed by atoms with Crippen molar-refractivity contribution < 1.29 is 60.1 Å². The van der Waals surface area contributed by atoms with Gasteiger partial charge in [-0.15, -0.1) is 0 Å². The minimum atomic E-state index is -4.49. The normalized spacial score (nSPS) is 10.7. The topological polar surface area (TPSA) is 155 Å². The first-order valence-corrected chi connectivity index (χ1v) is 9.33. The van der Waals surface area contributed by atoms with Gasteiger partial charge in [-0.2, -0.15) is 26.3 Å². The Kier molecular flexibility index (Phi) is 13.9. The molecule has 0 fully saturated rings. The molecule has 2 aromatic rings. The van der Waals surface area contributed by atoms with E-state index in [-0.39, 0.29) is 18.9 Å². The van der Waals surface area contributed by atoms with Gasteiger partial charge < -0.3 is 24.2 Å². The van der Waals surface area contributed by atoms with Crippen LogP contribution in [0.25, 0.3) is 0 Å². The Morgan fingerprint density at radius 2 is 1.31 bits per heavy atom. The number of Topliss-reactive ketones (excluding diaryl/α,β-unsaturated/α-hetero) is 1. The Morgan fingerprint density at radius 1 is 0.833 bits per heavy atom. The third-order valence-electron chi connectivity index (χ3n) is 3.47. The van der Waals surface area contributed by atoms with Crippen LogP contribution in [-0.4, -0.2) is 39.4 Å². The van der Waals surface area contributed by atoms with E-state index in [1.807, 2.05) is 0 Å². The second kappa shape index (κ2) is 14.6. The van der Waals surface area contributed by atoms with E-state index in [0.29, 0.717) is 5.76 Å². The summed E-state index contributed by atoms with van der Waals surface area (Å²) in [6.45, 7) is 2.96. The van der Waals surface area contributed by atoms with Crippen molar-refractivity contribution >= 4 is 11.8 Å². The molecule has 0 saturated heterocycles. The van der Waals surface area contributed by atoms with Gasteiger partial charge in [0.1, 0.15) is 28.6 Å². The summed E-state index contributed by atoms with van der Waals surface area (Å²) in [7, 11) is 0. The van der Waals surface area contributed by atoms with Gasteiger partial charge in [0.05, 0.1) is 25.3 Å². The molecule has 0 aliphatic heterocycles. The maximum Gasteiger partial charge on any atom is 0.389 e. The number of hydrogen-bond acceptors (Lipinski definition) is 8. The number of carbonyl (C=O) groups excluding carboxylic acids is 1. The highest BCUT2D eigenvalue weighted by Gasteiger charge is 2.30. The van der Waals surface area contributed by atoms with Crippen molar-refractivity contribution in [3.8, 4) is 11.5 Å². The molecule has 0 atom stereocenters. The Bertz CT molecular complexity index is 1090. The van der Waals surface area contributed by atoms with Crippen molar-refractivity contribution in [3.63, 3.8) is 0 Å². The number of aliphatic carboxylic acids is 1. The van der Waals surface area contributed by atoms with Gasteiger partial charge in [0.2, 0.25) is 0 Å². The first kappa shape index (κ1) is 34.4. The molecular weight excluding hydrogens is 510 g/mol. The Morgan fingerprint density at radius 3 is 1.67 bits per heavy atom. The molecule has 2 aromatic heterocycles. The minimum Gasteiger partial charge on any atom is -0.508 e. The third-order valence-corrected chi connectivity index (χ3v) is 3.47. The van der Waals surface area contributed by atoms with Crippen LogP contribution in [0.5, 0.6) is 11.5 Å². The molecule has 0 aromatic carbocycles. The van der Waals surface area contributed by atoms with E-state index < -0.39 is 72.4 Å². The standard InChI is InChI=1S/C10H9F3O4.C6H6O3.C4H5F3O2.CH4/c1-5-4-7(15)8(9(16)17-5)6(14)2-3-10(11,12)13;1-4-2-5(7)3-6(8)9-4;5-4(6,7)2-1-3(8)9;/h4,15H,2-3H2,1H3;2-3,7H,1H3;1-2H2,(H,8,9);1H4. The van der Waals surface area contributed by atoms with Gasteiger partial charge in [0.25, 0.3) is 0 Å². The fourth-order valence-electron chi connectivity index (χ4n) is 2.07. The van der Waals surface area contributed by atoms with Crippen LogP contribution in [0, 0.1) is 13.8 Å². The molecule has 2 heterocycles. The lowest BCUT2D eigenvalue weighted by Crippen LogP contribution is -2.17. The Labute approximate surface area is 199 Å².